The molecule has 1 atom stereocenters. The molecule has 1 amide bonds. The first-order chi connectivity index (χ1) is 10.1. The molecular formula is C18H21NO2. The molecule has 0 aliphatic heterocycles. The lowest BCUT2D eigenvalue weighted by molar-refractivity contribution is -0.119. The van der Waals surface area contributed by atoms with Gasteiger partial charge >= 0.3 is 0 Å². The van der Waals surface area contributed by atoms with Crippen LogP contribution in [0.15, 0.2) is 54.6 Å². The molecule has 0 radical (unpaired) electrons. The van der Waals surface area contributed by atoms with Crippen molar-refractivity contribution in [3.8, 4) is 5.75 Å². The van der Waals surface area contributed by atoms with E-state index < -0.39 is 0 Å². The average Bonchev–Trinajstić information content (AvgIpc) is 2.44. The molecule has 0 saturated carbocycles. The van der Waals surface area contributed by atoms with Crippen LogP contribution in [0.1, 0.15) is 20.3 Å². The van der Waals surface area contributed by atoms with Gasteiger partial charge in [-0.15, -0.1) is 0 Å². The van der Waals surface area contributed by atoms with Crippen molar-refractivity contribution in [1.29, 1.82) is 0 Å². The molecule has 0 heterocycles. The molecule has 1 aromatic carbocycles. The van der Waals surface area contributed by atoms with E-state index in [1.807, 2.05) is 37.3 Å². The van der Waals surface area contributed by atoms with Crippen LogP contribution in [0.5, 0.6) is 5.75 Å². The maximum atomic E-state index is 10.6. The smallest absolute Gasteiger partial charge is 0.216 e. The molecule has 110 valence electrons. The monoisotopic (exact) mass is 283 g/mol. The Kier molecular flexibility index (Phi) is 5.38. The Balaban J connectivity index is 0.000000218. The number of hydrogen-bond donors (Lipinski definition) is 1. The number of para-hydroxylation sites is 1. The van der Waals surface area contributed by atoms with E-state index in [4.69, 9.17) is 4.74 Å². The van der Waals surface area contributed by atoms with Crippen molar-refractivity contribution < 1.29 is 9.53 Å². The van der Waals surface area contributed by atoms with Gasteiger partial charge in [-0.05, 0) is 29.5 Å². The van der Waals surface area contributed by atoms with E-state index >= 15 is 0 Å². The molecule has 3 rings (SSSR count). The van der Waals surface area contributed by atoms with Gasteiger partial charge in [0.05, 0.1) is 6.10 Å². The Morgan fingerprint density at radius 1 is 1.05 bits per heavy atom. The fourth-order valence-corrected chi connectivity index (χ4v) is 1.90. The topological polar surface area (TPSA) is 38.3 Å². The largest absolute Gasteiger partial charge is 0.491 e. The second-order valence-electron chi connectivity index (χ2n) is 5.09. The minimum absolute atomic E-state index is 0.00177. The van der Waals surface area contributed by atoms with Crippen LogP contribution in [-0.4, -0.2) is 18.6 Å². The van der Waals surface area contributed by atoms with E-state index in [0.717, 1.165) is 12.2 Å². The van der Waals surface area contributed by atoms with Crippen LogP contribution in [0.4, 0.5) is 0 Å². The molecule has 2 aliphatic carbocycles. The number of carbonyl (C=O) groups is 1. The van der Waals surface area contributed by atoms with Crippen LogP contribution in [-0.2, 0) is 4.79 Å². The number of ether oxygens (including phenoxy) is 1. The Morgan fingerprint density at radius 3 is 2.05 bits per heavy atom. The summed E-state index contributed by atoms with van der Waals surface area (Å²) < 4.78 is 5.64. The second-order valence-corrected chi connectivity index (χ2v) is 5.09. The van der Waals surface area contributed by atoms with Gasteiger partial charge in [-0.25, -0.2) is 0 Å². The number of carbonyl (C=O) groups excluding carboxylic acids is 1. The summed E-state index contributed by atoms with van der Waals surface area (Å²) in [6, 6.07) is 18.2. The summed E-state index contributed by atoms with van der Waals surface area (Å²) in [5.41, 5.74) is 0. The zero-order chi connectivity index (χ0) is 15.1. The summed E-state index contributed by atoms with van der Waals surface area (Å²) in [6.45, 7) is 4.17. The summed E-state index contributed by atoms with van der Waals surface area (Å²) >= 11 is 0. The maximum absolute atomic E-state index is 10.6. The molecule has 0 bridgehead atoms. The third-order valence-corrected chi connectivity index (χ3v) is 3.22. The zero-order valence-electron chi connectivity index (χ0n) is 12.5. The Hall–Kier alpha value is -2.29. The van der Waals surface area contributed by atoms with E-state index in [0.29, 0.717) is 6.54 Å². The van der Waals surface area contributed by atoms with Crippen LogP contribution in [0.25, 0.3) is 0 Å². The molecular weight excluding hydrogens is 262 g/mol. The van der Waals surface area contributed by atoms with Gasteiger partial charge in [0.2, 0.25) is 5.91 Å². The van der Waals surface area contributed by atoms with E-state index in [-0.39, 0.29) is 12.0 Å². The van der Waals surface area contributed by atoms with E-state index in [1.54, 1.807) is 0 Å². The molecule has 1 aromatic rings. The van der Waals surface area contributed by atoms with Gasteiger partial charge in [0.25, 0.3) is 0 Å². The highest BCUT2D eigenvalue weighted by Gasteiger charge is 2.03. The number of rotatable bonds is 5. The minimum atomic E-state index is 0.00177. The SMILES string of the molecule is CC(=O)NCCC(C)Oc1ccccc1.c1cc2ccc1=2. The average molecular weight is 283 g/mol. The van der Waals surface area contributed by atoms with Crippen LogP contribution in [0.3, 0.4) is 0 Å². The number of benzene rings is 2. The number of hydrogen-bond acceptors (Lipinski definition) is 2. The van der Waals surface area contributed by atoms with Crippen LogP contribution in [0.2, 0.25) is 0 Å². The van der Waals surface area contributed by atoms with Crippen molar-refractivity contribution in [2.24, 2.45) is 0 Å². The summed E-state index contributed by atoms with van der Waals surface area (Å²) in [4.78, 5) is 10.6. The highest BCUT2D eigenvalue weighted by molar-refractivity contribution is 5.72. The molecule has 1 unspecified atom stereocenters. The minimum Gasteiger partial charge on any atom is -0.491 e. The van der Waals surface area contributed by atoms with Crippen molar-refractivity contribution in [2.45, 2.75) is 26.4 Å². The lowest BCUT2D eigenvalue weighted by Crippen LogP contribution is -2.25. The van der Waals surface area contributed by atoms with Crippen molar-refractivity contribution in [1.82, 2.24) is 5.32 Å². The summed E-state index contributed by atoms with van der Waals surface area (Å²) in [6.07, 6.45) is 0.924. The molecule has 0 spiro atoms. The Morgan fingerprint density at radius 2 is 1.62 bits per heavy atom. The first kappa shape index (κ1) is 15.1. The third-order valence-electron chi connectivity index (χ3n) is 3.22. The first-order valence-corrected chi connectivity index (χ1v) is 7.22. The Bertz CT molecular complexity index is 617. The number of amides is 1. The van der Waals surface area contributed by atoms with Crippen molar-refractivity contribution in [2.75, 3.05) is 6.54 Å². The molecule has 3 nitrogen and oxygen atoms in total. The second kappa shape index (κ2) is 7.48. The fourth-order valence-electron chi connectivity index (χ4n) is 1.90. The lowest BCUT2D eigenvalue weighted by Gasteiger charge is -2.14. The van der Waals surface area contributed by atoms with E-state index in [1.165, 1.54) is 17.4 Å². The van der Waals surface area contributed by atoms with Gasteiger partial charge in [0, 0.05) is 19.9 Å². The van der Waals surface area contributed by atoms with Crippen LogP contribution in [0, 0.1) is 10.4 Å². The van der Waals surface area contributed by atoms with Gasteiger partial charge in [-0.3, -0.25) is 4.79 Å². The molecule has 0 fully saturated rings. The fraction of sp³-hybridized carbons (Fsp3) is 0.278. The molecule has 21 heavy (non-hydrogen) atoms. The predicted octanol–water partition coefficient (Wildman–Crippen LogP) is 3.27. The highest BCUT2D eigenvalue weighted by atomic mass is 16.5. The predicted molar refractivity (Wildman–Crippen MR) is 83.9 cm³/mol. The summed E-state index contributed by atoms with van der Waals surface area (Å²) in [5, 5.41) is 5.60. The molecule has 3 heteroatoms. The van der Waals surface area contributed by atoms with Crippen molar-refractivity contribution >= 4 is 5.91 Å². The van der Waals surface area contributed by atoms with Gasteiger partial charge in [-0.2, -0.15) is 0 Å². The van der Waals surface area contributed by atoms with Gasteiger partial charge in [0.1, 0.15) is 5.75 Å². The number of nitrogens with one attached hydrogen (secondary N) is 1. The molecule has 0 aromatic heterocycles. The van der Waals surface area contributed by atoms with E-state index in [2.05, 4.69) is 29.6 Å². The van der Waals surface area contributed by atoms with Crippen molar-refractivity contribution in [3.05, 3.63) is 65.0 Å². The van der Waals surface area contributed by atoms with Gasteiger partial charge in [0.15, 0.2) is 0 Å². The summed E-state index contributed by atoms with van der Waals surface area (Å²) in [5.74, 6) is 0.870. The van der Waals surface area contributed by atoms with E-state index in [9.17, 15) is 4.79 Å². The standard InChI is InChI=1S/C12H17NO2.C6H4/c1-10(8-9-13-11(2)14)15-12-6-4-3-5-7-12;1-2-6-4-3-5(1)6/h3-7,10H,8-9H2,1-2H3,(H,13,14);1-4H. The van der Waals surface area contributed by atoms with Gasteiger partial charge < -0.3 is 10.1 Å². The zero-order valence-corrected chi connectivity index (χ0v) is 12.5. The van der Waals surface area contributed by atoms with Crippen LogP contribution < -0.4 is 10.1 Å². The molecule has 1 N–H and O–H groups in total. The summed E-state index contributed by atoms with van der Waals surface area (Å²) in [7, 11) is 0. The lowest BCUT2D eigenvalue weighted by atomic mass is 10.1. The third kappa shape index (κ3) is 4.95. The first-order valence-electron chi connectivity index (χ1n) is 7.22. The molecule has 2 aliphatic rings. The maximum Gasteiger partial charge on any atom is 0.216 e. The van der Waals surface area contributed by atoms with Crippen molar-refractivity contribution in [3.63, 3.8) is 0 Å². The highest BCUT2D eigenvalue weighted by Crippen LogP contribution is 2.11. The van der Waals surface area contributed by atoms with Gasteiger partial charge in [-0.1, -0.05) is 42.5 Å². The molecule has 0 saturated heterocycles. The normalized spacial score (nSPS) is 11.7. The quantitative estimate of drug-likeness (QED) is 0.780. The van der Waals surface area contributed by atoms with Crippen LogP contribution >= 0.6 is 0 Å². The Labute approximate surface area is 125 Å².